The van der Waals surface area contributed by atoms with Crippen molar-refractivity contribution in [3.05, 3.63) is 42.0 Å². The number of nitrogens with zero attached hydrogens (tertiary/aromatic N) is 2. The SMILES string of the molecule is Cn1cc(COc2ccc(F)cc2NC=O)cn1. The van der Waals surface area contributed by atoms with E-state index in [1.807, 2.05) is 6.20 Å². The van der Waals surface area contributed by atoms with E-state index in [2.05, 4.69) is 10.4 Å². The van der Waals surface area contributed by atoms with Gasteiger partial charge in [0, 0.05) is 24.9 Å². The lowest BCUT2D eigenvalue weighted by molar-refractivity contribution is -0.105. The van der Waals surface area contributed by atoms with E-state index in [1.54, 1.807) is 17.9 Å². The van der Waals surface area contributed by atoms with Crippen molar-refractivity contribution < 1.29 is 13.9 Å². The molecule has 0 saturated heterocycles. The molecule has 2 rings (SSSR count). The summed E-state index contributed by atoms with van der Waals surface area (Å²) in [7, 11) is 1.81. The van der Waals surface area contributed by atoms with Crippen LogP contribution in [0.1, 0.15) is 5.56 Å². The lowest BCUT2D eigenvalue weighted by Crippen LogP contribution is -2.01. The van der Waals surface area contributed by atoms with E-state index in [0.717, 1.165) is 5.56 Å². The number of rotatable bonds is 5. The predicted octanol–water partition coefficient (Wildman–Crippen LogP) is 1.71. The minimum absolute atomic E-state index is 0.299. The molecule has 5 nitrogen and oxygen atoms in total. The zero-order valence-corrected chi connectivity index (χ0v) is 9.76. The lowest BCUT2D eigenvalue weighted by atomic mass is 10.3. The van der Waals surface area contributed by atoms with Crippen LogP contribution in [0, 0.1) is 5.82 Å². The standard InChI is InChI=1S/C12H12FN3O2/c1-16-6-9(5-15-16)7-18-12-3-2-10(13)4-11(12)14-8-17/h2-6,8H,7H2,1H3,(H,14,17). The summed E-state index contributed by atoms with van der Waals surface area (Å²) in [5.41, 5.74) is 1.19. The number of carbonyl (C=O) groups excluding carboxylic acids is 1. The molecule has 0 spiro atoms. The van der Waals surface area contributed by atoms with Crippen LogP contribution in [0.3, 0.4) is 0 Å². The number of aromatic nitrogens is 2. The summed E-state index contributed by atoms with van der Waals surface area (Å²) in [4.78, 5) is 10.4. The van der Waals surface area contributed by atoms with Crippen LogP contribution in [0.15, 0.2) is 30.6 Å². The molecule has 0 aliphatic rings. The Bertz CT molecular complexity index is 554. The van der Waals surface area contributed by atoms with Crippen LogP contribution in [-0.2, 0) is 18.4 Å². The van der Waals surface area contributed by atoms with E-state index < -0.39 is 5.82 Å². The summed E-state index contributed by atoms with van der Waals surface area (Å²) >= 11 is 0. The highest BCUT2D eigenvalue weighted by molar-refractivity contribution is 5.75. The van der Waals surface area contributed by atoms with Gasteiger partial charge in [-0.2, -0.15) is 5.10 Å². The second kappa shape index (κ2) is 5.31. The van der Waals surface area contributed by atoms with Gasteiger partial charge in [-0.05, 0) is 12.1 Å². The van der Waals surface area contributed by atoms with Crippen molar-refractivity contribution in [1.82, 2.24) is 9.78 Å². The number of carbonyl (C=O) groups is 1. The third-order valence-corrected chi connectivity index (χ3v) is 2.31. The molecule has 0 saturated carbocycles. The molecule has 1 aromatic carbocycles. The van der Waals surface area contributed by atoms with E-state index in [-0.39, 0.29) is 0 Å². The second-order valence-electron chi connectivity index (χ2n) is 3.71. The van der Waals surface area contributed by atoms with Gasteiger partial charge in [-0.1, -0.05) is 0 Å². The Hall–Kier alpha value is -2.37. The molecule has 0 bridgehead atoms. The molecule has 0 aliphatic heterocycles. The van der Waals surface area contributed by atoms with Gasteiger partial charge in [0.15, 0.2) is 0 Å². The van der Waals surface area contributed by atoms with Crippen molar-refractivity contribution >= 4 is 12.1 Å². The summed E-state index contributed by atoms with van der Waals surface area (Å²) in [5, 5.41) is 6.40. The number of anilines is 1. The first-order chi connectivity index (χ1) is 8.69. The van der Waals surface area contributed by atoms with E-state index in [4.69, 9.17) is 4.74 Å². The molecule has 1 aromatic heterocycles. The highest BCUT2D eigenvalue weighted by Crippen LogP contribution is 2.25. The number of halogens is 1. The average molecular weight is 249 g/mol. The molecule has 1 N–H and O–H groups in total. The Kier molecular flexibility index (Phi) is 3.57. The number of ether oxygens (including phenoxy) is 1. The van der Waals surface area contributed by atoms with Crippen molar-refractivity contribution in [3.63, 3.8) is 0 Å². The fourth-order valence-electron chi connectivity index (χ4n) is 1.51. The monoisotopic (exact) mass is 249 g/mol. The minimum atomic E-state index is -0.437. The number of nitrogens with one attached hydrogen (secondary N) is 1. The van der Waals surface area contributed by atoms with Gasteiger partial charge in [-0.15, -0.1) is 0 Å². The van der Waals surface area contributed by atoms with Gasteiger partial charge < -0.3 is 10.1 Å². The van der Waals surface area contributed by atoms with E-state index in [0.29, 0.717) is 24.5 Å². The largest absolute Gasteiger partial charge is 0.487 e. The number of amides is 1. The minimum Gasteiger partial charge on any atom is -0.487 e. The van der Waals surface area contributed by atoms with Crippen molar-refractivity contribution in [1.29, 1.82) is 0 Å². The summed E-state index contributed by atoms with van der Waals surface area (Å²) < 4.78 is 20.2. The Morgan fingerprint density at radius 3 is 3.06 bits per heavy atom. The molecule has 1 amide bonds. The lowest BCUT2D eigenvalue weighted by Gasteiger charge is -2.09. The van der Waals surface area contributed by atoms with E-state index >= 15 is 0 Å². The normalized spacial score (nSPS) is 10.1. The van der Waals surface area contributed by atoms with Crippen LogP contribution in [-0.4, -0.2) is 16.2 Å². The smallest absolute Gasteiger partial charge is 0.211 e. The predicted molar refractivity (Wildman–Crippen MR) is 63.6 cm³/mol. The highest BCUT2D eigenvalue weighted by Gasteiger charge is 2.06. The van der Waals surface area contributed by atoms with Gasteiger partial charge in [-0.3, -0.25) is 9.48 Å². The molecule has 6 heteroatoms. The molecular formula is C12H12FN3O2. The third kappa shape index (κ3) is 2.85. The maximum atomic E-state index is 13.0. The van der Waals surface area contributed by atoms with Crippen molar-refractivity contribution in [2.24, 2.45) is 7.05 Å². The molecule has 0 aliphatic carbocycles. The molecule has 0 unspecified atom stereocenters. The van der Waals surface area contributed by atoms with Crippen molar-refractivity contribution in [3.8, 4) is 5.75 Å². The van der Waals surface area contributed by atoms with Gasteiger partial charge in [0.05, 0.1) is 11.9 Å². The van der Waals surface area contributed by atoms with Crippen LogP contribution in [0.5, 0.6) is 5.75 Å². The van der Waals surface area contributed by atoms with E-state index in [9.17, 15) is 9.18 Å². The highest BCUT2D eigenvalue weighted by atomic mass is 19.1. The fraction of sp³-hybridized carbons (Fsp3) is 0.167. The maximum absolute atomic E-state index is 13.0. The number of hydrogen-bond donors (Lipinski definition) is 1. The van der Waals surface area contributed by atoms with E-state index in [1.165, 1.54) is 18.2 Å². The first kappa shape index (κ1) is 12.1. The van der Waals surface area contributed by atoms with Crippen molar-refractivity contribution in [2.75, 3.05) is 5.32 Å². The fourth-order valence-corrected chi connectivity index (χ4v) is 1.51. The Labute approximate surface area is 103 Å². The Morgan fingerprint density at radius 1 is 1.56 bits per heavy atom. The zero-order chi connectivity index (χ0) is 13.0. The summed E-state index contributed by atoms with van der Waals surface area (Å²) in [5.74, 6) is -0.0274. The van der Waals surface area contributed by atoms with Crippen molar-refractivity contribution in [2.45, 2.75) is 6.61 Å². The average Bonchev–Trinajstić information content (AvgIpc) is 2.75. The molecule has 0 radical (unpaired) electrons. The second-order valence-corrected chi connectivity index (χ2v) is 3.71. The first-order valence-electron chi connectivity index (χ1n) is 5.29. The number of benzene rings is 1. The van der Waals surface area contributed by atoms with Gasteiger partial charge >= 0.3 is 0 Å². The van der Waals surface area contributed by atoms with Gasteiger partial charge in [0.2, 0.25) is 6.41 Å². The number of aryl methyl sites for hydroxylation is 1. The van der Waals surface area contributed by atoms with Gasteiger partial charge in [0.25, 0.3) is 0 Å². The Morgan fingerprint density at radius 2 is 2.39 bits per heavy atom. The molecule has 18 heavy (non-hydrogen) atoms. The third-order valence-electron chi connectivity index (χ3n) is 2.31. The summed E-state index contributed by atoms with van der Waals surface area (Å²) in [6.07, 6.45) is 3.97. The summed E-state index contributed by atoms with van der Waals surface area (Å²) in [6, 6.07) is 3.94. The van der Waals surface area contributed by atoms with Crippen LogP contribution in [0.2, 0.25) is 0 Å². The zero-order valence-electron chi connectivity index (χ0n) is 9.76. The molecule has 0 atom stereocenters. The van der Waals surface area contributed by atoms with Crippen LogP contribution < -0.4 is 10.1 Å². The topological polar surface area (TPSA) is 56.1 Å². The first-order valence-corrected chi connectivity index (χ1v) is 5.29. The van der Waals surface area contributed by atoms with Gasteiger partial charge in [0.1, 0.15) is 18.2 Å². The number of hydrogen-bond acceptors (Lipinski definition) is 3. The molecular weight excluding hydrogens is 237 g/mol. The quantitative estimate of drug-likeness (QED) is 0.821. The Balaban J connectivity index is 2.10. The molecule has 2 aromatic rings. The maximum Gasteiger partial charge on any atom is 0.211 e. The van der Waals surface area contributed by atoms with Crippen LogP contribution in [0.4, 0.5) is 10.1 Å². The van der Waals surface area contributed by atoms with Gasteiger partial charge in [-0.25, -0.2) is 4.39 Å². The molecule has 1 heterocycles. The summed E-state index contributed by atoms with van der Waals surface area (Å²) in [6.45, 7) is 0.299. The van der Waals surface area contributed by atoms with Crippen LogP contribution in [0.25, 0.3) is 0 Å². The molecule has 0 fully saturated rings. The molecule has 94 valence electrons. The van der Waals surface area contributed by atoms with Crippen LogP contribution >= 0.6 is 0 Å².